The van der Waals surface area contributed by atoms with Crippen molar-refractivity contribution in [1.29, 1.82) is 0 Å². The van der Waals surface area contributed by atoms with E-state index in [0.717, 1.165) is 17.4 Å². The number of thiazole rings is 1. The zero-order valence-electron chi connectivity index (χ0n) is 10.6. The highest BCUT2D eigenvalue weighted by molar-refractivity contribution is 7.16. The van der Waals surface area contributed by atoms with Crippen LogP contribution in [0.25, 0.3) is 10.6 Å². The zero-order valence-corrected chi connectivity index (χ0v) is 12.2. The molecule has 0 unspecified atom stereocenters. The Bertz CT molecular complexity index is 656. The van der Waals surface area contributed by atoms with Gasteiger partial charge < -0.3 is 5.32 Å². The fourth-order valence-electron chi connectivity index (χ4n) is 1.81. The van der Waals surface area contributed by atoms with Crippen LogP contribution in [0.3, 0.4) is 0 Å². The van der Waals surface area contributed by atoms with Crippen molar-refractivity contribution in [3.8, 4) is 10.6 Å². The van der Waals surface area contributed by atoms with Gasteiger partial charge in [0.05, 0.1) is 10.6 Å². The number of aromatic nitrogens is 1. The maximum absolute atomic E-state index is 4.63. The van der Waals surface area contributed by atoms with Crippen LogP contribution in [-0.4, -0.2) is 4.98 Å². The molecule has 3 rings (SSSR count). The number of anilines is 1. The van der Waals surface area contributed by atoms with E-state index in [1.807, 2.05) is 6.07 Å². The fraction of sp³-hybridized carbons (Fsp3) is 0.133. The first-order chi connectivity index (χ1) is 9.31. The molecule has 4 heteroatoms. The third-order valence-corrected chi connectivity index (χ3v) is 4.64. The lowest BCUT2D eigenvalue weighted by Crippen LogP contribution is -1.98. The SMILES string of the molecule is Cc1csc(-c2csc(NCc3ccccc3)n2)c1. The Morgan fingerprint density at radius 2 is 1.95 bits per heavy atom. The maximum atomic E-state index is 4.63. The van der Waals surface area contributed by atoms with Gasteiger partial charge in [-0.05, 0) is 29.5 Å². The van der Waals surface area contributed by atoms with E-state index in [9.17, 15) is 0 Å². The molecule has 1 N–H and O–H groups in total. The molecule has 1 aromatic carbocycles. The summed E-state index contributed by atoms with van der Waals surface area (Å²) in [6, 6.07) is 12.6. The van der Waals surface area contributed by atoms with E-state index in [0.29, 0.717) is 0 Å². The summed E-state index contributed by atoms with van der Waals surface area (Å²) in [5, 5.41) is 8.61. The van der Waals surface area contributed by atoms with E-state index in [4.69, 9.17) is 0 Å². The van der Waals surface area contributed by atoms with Crippen LogP contribution in [0.4, 0.5) is 5.13 Å². The van der Waals surface area contributed by atoms with Crippen LogP contribution in [-0.2, 0) is 6.54 Å². The topological polar surface area (TPSA) is 24.9 Å². The highest BCUT2D eigenvalue weighted by Gasteiger charge is 2.06. The highest BCUT2D eigenvalue weighted by Crippen LogP contribution is 2.29. The minimum Gasteiger partial charge on any atom is -0.357 e. The van der Waals surface area contributed by atoms with E-state index in [-0.39, 0.29) is 0 Å². The van der Waals surface area contributed by atoms with Crippen LogP contribution < -0.4 is 5.32 Å². The lowest BCUT2D eigenvalue weighted by molar-refractivity contribution is 1.14. The first-order valence-corrected chi connectivity index (χ1v) is 7.86. The molecule has 0 aliphatic heterocycles. The van der Waals surface area contributed by atoms with Crippen molar-refractivity contribution in [1.82, 2.24) is 4.98 Å². The van der Waals surface area contributed by atoms with Gasteiger partial charge in [-0.1, -0.05) is 30.3 Å². The molecule has 0 saturated heterocycles. The summed E-state index contributed by atoms with van der Waals surface area (Å²) < 4.78 is 0. The summed E-state index contributed by atoms with van der Waals surface area (Å²) >= 11 is 3.40. The van der Waals surface area contributed by atoms with Crippen LogP contribution in [0.15, 0.2) is 47.2 Å². The number of hydrogen-bond donors (Lipinski definition) is 1. The first-order valence-electron chi connectivity index (χ1n) is 6.10. The molecule has 2 aromatic heterocycles. The number of hydrogen-bond acceptors (Lipinski definition) is 4. The Labute approximate surface area is 120 Å². The number of thiophene rings is 1. The van der Waals surface area contributed by atoms with Gasteiger partial charge in [0.2, 0.25) is 0 Å². The molecule has 0 fully saturated rings. The fourth-order valence-corrected chi connectivity index (χ4v) is 3.45. The van der Waals surface area contributed by atoms with Crippen LogP contribution in [0, 0.1) is 6.92 Å². The standard InChI is InChI=1S/C15H14N2S2/c1-11-7-14(18-9-11)13-10-19-15(17-13)16-8-12-5-3-2-4-6-12/h2-7,9-10H,8H2,1H3,(H,16,17). The van der Waals surface area contributed by atoms with E-state index in [2.05, 4.69) is 58.3 Å². The third kappa shape index (κ3) is 3.03. The predicted molar refractivity (Wildman–Crippen MR) is 83.9 cm³/mol. The second kappa shape index (κ2) is 5.55. The number of benzene rings is 1. The summed E-state index contributed by atoms with van der Waals surface area (Å²) in [5.41, 5.74) is 3.64. The Morgan fingerprint density at radius 1 is 1.11 bits per heavy atom. The minimum absolute atomic E-state index is 0.817. The summed E-state index contributed by atoms with van der Waals surface area (Å²) in [7, 11) is 0. The second-order valence-electron chi connectivity index (χ2n) is 4.37. The molecule has 96 valence electrons. The number of nitrogens with zero attached hydrogens (tertiary/aromatic N) is 1. The number of nitrogens with one attached hydrogen (secondary N) is 1. The summed E-state index contributed by atoms with van der Waals surface area (Å²) in [5.74, 6) is 0. The van der Waals surface area contributed by atoms with E-state index in [1.54, 1.807) is 22.7 Å². The van der Waals surface area contributed by atoms with Gasteiger partial charge in [-0.3, -0.25) is 0 Å². The molecular weight excluding hydrogens is 272 g/mol. The molecule has 0 radical (unpaired) electrons. The average molecular weight is 286 g/mol. The van der Waals surface area contributed by atoms with Crippen LogP contribution in [0.1, 0.15) is 11.1 Å². The van der Waals surface area contributed by atoms with Crippen molar-refractivity contribution in [2.24, 2.45) is 0 Å². The Hall–Kier alpha value is -1.65. The van der Waals surface area contributed by atoms with Gasteiger partial charge in [0.25, 0.3) is 0 Å². The lowest BCUT2D eigenvalue weighted by Gasteiger charge is -2.01. The Kier molecular flexibility index (Phi) is 3.62. The van der Waals surface area contributed by atoms with E-state index in [1.165, 1.54) is 16.0 Å². The molecule has 2 heterocycles. The van der Waals surface area contributed by atoms with Gasteiger partial charge >= 0.3 is 0 Å². The van der Waals surface area contributed by atoms with E-state index < -0.39 is 0 Å². The first kappa shape index (κ1) is 12.4. The minimum atomic E-state index is 0.817. The Morgan fingerprint density at radius 3 is 2.68 bits per heavy atom. The highest BCUT2D eigenvalue weighted by atomic mass is 32.1. The van der Waals surface area contributed by atoms with Gasteiger partial charge in [-0.25, -0.2) is 4.98 Å². The monoisotopic (exact) mass is 286 g/mol. The molecular formula is C15H14N2S2. The zero-order chi connectivity index (χ0) is 13.1. The quantitative estimate of drug-likeness (QED) is 0.745. The second-order valence-corrected chi connectivity index (χ2v) is 6.13. The van der Waals surface area contributed by atoms with Gasteiger partial charge in [0, 0.05) is 11.9 Å². The number of rotatable bonds is 4. The van der Waals surface area contributed by atoms with Crippen molar-refractivity contribution in [3.63, 3.8) is 0 Å². The van der Waals surface area contributed by atoms with Gasteiger partial charge in [-0.15, -0.1) is 22.7 Å². The smallest absolute Gasteiger partial charge is 0.183 e. The molecule has 3 aromatic rings. The molecule has 19 heavy (non-hydrogen) atoms. The molecule has 0 aliphatic carbocycles. The van der Waals surface area contributed by atoms with E-state index >= 15 is 0 Å². The maximum Gasteiger partial charge on any atom is 0.183 e. The van der Waals surface area contributed by atoms with Crippen LogP contribution >= 0.6 is 22.7 Å². The Balaban J connectivity index is 1.68. The van der Waals surface area contributed by atoms with Crippen molar-refractivity contribution in [2.45, 2.75) is 13.5 Å². The third-order valence-electron chi connectivity index (χ3n) is 2.77. The number of aryl methyl sites for hydroxylation is 1. The summed E-state index contributed by atoms with van der Waals surface area (Å²) in [6.07, 6.45) is 0. The molecule has 0 atom stereocenters. The van der Waals surface area contributed by atoms with Crippen molar-refractivity contribution < 1.29 is 0 Å². The normalized spacial score (nSPS) is 10.6. The molecule has 0 aliphatic rings. The van der Waals surface area contributed by atoms with Crippen molar-refractivity contribution in [2.75, 3.05) is 5.32 Å². The molecule has 0 saturated carbocycles. The average Bonchev–Trinajstić information content (AvgIpc) is 3.06. The van der Waals surface area contributed by atoms with Crippen LogP contribution in [0.2, 0.25) is 0 Å². The molecule has 0 amide bonds. The van der Waals surface area contributed by atoms with Gasteiger partial charge in [-0.2, -0.15) is 0 Å². The van der Waals surface area contributed by atoms with Gasteiger partial charge in [0.15, 0.2) is 5.13 Å². The van der Waals surface area contributed by atoms with Gasteiger partial charge in [0.1, 0.15) is 0 Å². The lowest BCUT2D eigenvalue weighted by atomic mass is 10.2. The molecule has 2 nitrogen and oxygen atoms in total. The summed E-state index contributed by atoms with van der Waals surface area (Å²) in [4.78, 5) is 5.86. The largest absolute Gasteiger partial charge is 0.357 e. The molecule has 0 bridgehead atoms. The van der Waals surface area contributed by atoms with Crippen molar-refractivity contribution >= 4 is 27.8 Å². The van der Waals surface area contributed by atoms with Crippen molar-refractivity contribution in [3.05, 3.63) is 58.3 Å². The van der Waals surface area contributed by atoms with Crippen LogP contribution in [0.5, 0.6) is 0 Å². The molecule has 0 spiro atoms. The summed E-state index contributed by atoms with van der Waals surface area (Å²) in [6.45, 7) is 2.93. The predicted octanol–water partition coefficient (Wildman–Crippen LogP) is 4.79.